The number of carbonyl (C=O) groups is 1. The Morgan fingerprint density at radius 2 is 2.67 bits per heavy atom. The van der Waals surface area contributed by atoms with E-state index < -0.39 is 0 Å². The Morgan fingerprint density at radius 1 is 1.73 bits per heavy atom. The van der Waals surface area contributed by atoms with Crippen LogP contribution in [0.2, 0.25) is 0 Å². The van der Waals surface area contributed by atoms with Crippen LogP contribution >= 0.6 is 11.3 Å². The highest BCUT2D eigenvalue weighted by molar-refractivity contribution is 7.13. The predicted octanol–water partition coefficient (Wildman–Crippen LogP) is 1.44. The number of thiazole rings is 1. The van der Waals surface area contributed by atoms with Gasteiger partial charge in [-0.2, -0.15) is 0 Å². The first-order chi connectivity index (χ1) is 7.34. The number of urea groups is 1. The molecule has 2 N–H and O–H groups in total. The van der Waals surface area contributed by atoms with Crippen molar-refractivity contribution in [2.75, 3.05) is 18.5 Å². The van der Waals surface area contributed by atoms with Crippen molar-refractivity contribution in [1.82, 2.24) is 10.3 Å². The minimum absolute atomic E-state index is 0.173. The molecule has 15 heavy (non-hydrogen) atoms. The van der Waals surface area contributed by atoms with E-state index in [9.17, 15) is 4.79 Å². The van der Waals surface area contributed by atoms with Crippen LogP contribution in [0.1, 0.15) is 12.8 Å². The number of rotatable bonds is 3. The number of hydrogen-bond acceptors (Lipinski definition) is 4. The second-order valence-electron chi connectivity index (χ2n) is 3.31. The van der Waals surface area contributed by atoms with E-state index in [0.29, 0.717) is 11.7 Å². The summed E-state index contributed by atoms with van der Waals surface area (Å²) in [6.07, 6.45) is 3.94. The van der Waals surface area contributed by atoms with Crippen molar-refractivity contribution in [3.8, 4) is 0 Å². The zero-order valence-corrected chi connectivity index (χ0v) is 9.05. The lowest BCUT2D eigenvalue weighted by atomic mass is 10.2. The summed E-state index contributed by atoms with van der Waals surface area (Å²) in [7, 11) is 0. The molecular weight excluding hydrogens is 214 g/mol. The van der Waals surface area contributed by atoms with Crippen LogP contribution in [0, 0.1) is 0 Å². The van der Waals surface area contributed by atoms with Crippen LogP contribution in [0.5, 0.6) is 0 Å². The van der Waals surface area contributed by atoms with E-state index in [0.717, 1.165) is 19.4 Å². The first-order valence-corrected chi connectivity index (χ1v) is 5.78. The third-order valence-corrected chi connectivity index (χ3v) is 2.86. The molecule has 2 amide bonds. The lowest BCUT2D eigenvalue weighted by Gasteiger charge is -2.10. The molecule has 0 saturated carbocycles. The van der Waals surface area contributed by atoms with Gasteiger partial charge in [0.1, 0.15) is 0 Å². The van der Waals surface area contributed by atoms with Gasteiger partial charge in [-0.05, 0) is 12.8 Å². The van der Waals surface area contributed by atoms with Crippen molar-refractivity contribution in [1.29, 1.82) is 0 Å². The molecule has 2 heterocycles. The van der Waals surface area contributed by atoms with Crippen LogP contribution in [0.15, 0.2) is 11.6 Å². The number of nitrogens with zero attached hydrogens (tertiary/aromatic N) is 1. The zero-order valence-electron chi connectivity index (χ0n) is 8.23. The van der Waals surface area contributed by atoms with Gasteiger partial charge >= 0.3 is 6.03 Å². The maximum Gasteiger partial charge on any atom is 0.321 e. The van der Waals surface area contributed by atoms with Crippen LogP contribution in [-0.2, 0) is 4.74 Å². The molecule has 0 unspecified atom stereocenters. The Labute approximate surface area is 91.9 Å². The summed E-state index contributed by atoms with van der Waals surface area (Å²) >= 11 is 1.40. The number of aromatic nitrogens is 1. The van der Waals surface area contributed by atoms with Crippen molar-refractivity contribution in [3.05, 3.63) is 11.6 Å². The molecule has 1 aromatic rings. The average molecular weight is 227 g/mol. The van der Waals surface area contributed by atoms with Crippen molar-refractivity contribution >= 4 is 22.5 Å². The van der Waals surface area contributed by atoms with E-state index in [-0.39, 0.29) is 12.1 Å². The van der Waals surface area contributed by atoms with Gasteiger partial charge in [0.2, 0.25) is 0 Å². The smallest absolute Gasteiger partial charge is 0.321 e. The number of nitrogens with one attached hydrogen (secondary N) is 2. The molecule has 6 heteroatoms. The van der Waals surface area contributed by atoms with Gasteiger partial charge in [0.15, 0.2) is 5.13 Å². The summed E-state index contributed by atoms with van der Waals surface area (Å²) in [6.45, 7) is 1.37. The Morgan fingerprint density at radius 3 is 3.33 bits per heavy atom. The summed E-state index contributed by atoms with van der Waals surface area (Å²) in [5.74, 6) is 0. The maximum atomic E-state index is 11.4. The molecule has 1 fully saturated rings. The van der Waals surface area contributed by atoms with Crippen LogP contribution in [0.4, 0.5) is 9.93 Å². The summed E-state index contributed by atoms with van der Waals surface area (Å²) in [5, 5.41) is 7.83. The highest BCUT2D eigenvalue weighted by Crippen LogP contribution is 2.11. The first-order valence-electron chi connectivity index (χ1n) is 4.90. The van der Waals surface area contributed by atoms with Gasteiger partial charge in [-0.15, -0.1) is 11.3 Å². The van der Waals surface area contributed by atoms with Crippen molar-refractivity contribution in [3.63, 3.8) is 0 Å². The topological polar surface area (TPSA) is 63.2 Å². The molecule has 1 atom stereocenters. The lowest BCUT2D eigenvalue weighted by molar-refractivity contribution is 0.112. The monoisotopic (exact) mass is 227 g/mol. The summed E-state index contributed by atoms with van der Waals surface area (Å²) in [6, 6.07) is -0.222. The van der Waals surface area contributed by atoms with E-state index in [1.54, 1.807) is 6.20 Å². The fraction of sp³-hybridized carbons (Fsp3) is 0.556. The molecule has 5 nitrogen and oxygen atoms in total. The minimum atomic E-state index is -0.222. The van der Waals surface area contributed by atoms with Gasteiger partial charge in [0, 0.05) is 24.7 Å². The van der Waals surface area contributed by atoms with Gasteiger partial charge in [-0.3, -0.25) is 5.32 Å². The molecule has 2 rings (SSSR count). The van der Waals surface area contributed by atoms with Crippen molar-refractivity contribution < 1.29 is 9.53 Å². The van der Waals surface area contributed by atoms with E-state index in [1.807, 2.05) is 5.38 Å². The van der Waals surface area contributed by atoms with E-state index >= 15 is 0 Å². The maximum absolute atomic E-state index is 11.4. The number of ether oxygens (including phenoxy) is 1. The molecule has 0 radical (unpaired) electrons. The van der Waals surface area contributed by atoms with Gasteiger partial charge in [0.25, 0.3) is 0 Å². The molecular formula is C9H13N3O2S. The quantitative estimate of drug-likeness (QED) is 0.821. The fourth-order valence-electron chi connectivity index (χ4n) is 1.44. The molecule has 1 saturated heterocycles. The molecule has 0 aliphatic carbocycles. The van der Waals surface area contributed by atoms with Crippen molar-refractivity contribution in [2.45, 2.75) is 18.9 Å². The Bertz CT molecular complexity index is 309. The van der Waals surface area contributed by atoms with E-state index in [4.69, 9.17) is 4.74 Å². The summed E-state index contributed by atoms with van der Waals surface area (Å²) < 4.78 is 5.38. The van der Waals surface area contributed by atoms with Crippen LogP contribution in [0.25, 0.3) is 0 Å². The normalized spacial score (nSPS) is 20.1. The second kappa shape index (κ2) is 5.09. The van der Waals surface area contributed by atoms with Crippen LogP contribution < -0.4 is 10.6 Å². The number of hydrogen-bond donors (Lipinski definition) is 2. The van der Waals surface area contributed by atoms with E-state index in [2.05, 4.69) is 15.6 Å². The second-order valence-corrected chi connectivity index (χ2v) is 4.20. The third kappa shape index (κ3) is 3.17. The Kier molecular flexibility index (Phi) is 3.52. The molecule has 1 aliphatic rings. The zero-order chi connectivity index (χ0) is 10.5. The van der Waals surface area contributed by atoms with Gasteiger partial charge in [0.05, 0.1) is 6.10 Å². The fourth-order valence-corrected chi connectivity index (χ4v) is 1.96. The SMILES string of the molecule is O=C(NC[C@H]1CCCO1)Nc1nccs1. The molecule has 0 bridgehead atoms. The molecule has 1 aliphatic heterocycles. The summed E-state index contributed by atoms with van der Waals surface area (Å²) in [5.41, 5.74) is 0. The molecule has 82 valence electrons. The van der Waals surface area contributed by atoms with E-state index in [1.165, 1.54) is 11.3 Å². The minimum Gasteiger partial charge on any atom is -0.376 e. The average Bonchev–Trinajstić information content (AvgIpc) is 2.86. The Balaban J connectivity index is 1.68. The highest BCUT2D eigenvalue weighted by Gasteiger charge is 2.16. The van der Waals surface area contributed by atoms with Gasteiger partial charge in [-0.25, -0.2) is 9.78 Å². The molecule has 0 aromatic carbocycles. The molecule has 1 aromatic heterocycles. The van der Waals surface area contributed by atoms with Crippen molar-refractivity contribution in [2.24, 2.45) is 0 Å². The number of anilines is 1. The van der Waals surface area contributed by atoms with Gasteiger partial charge in [-0.1, -0.05) is 0 Å². The predicted molar refractivity (Wildman–Crippen MR) is 58.1 cm³/mol. The molecule has 0 spiro atoms. The number of amides is 2. The van der Waals surface area contributed by atoms with Crippen LogP contribution in [-0.4, -0.2) is 30.3 Å². The highest BCUT2D eigenvalue weighted by atomic mass is 32.1. The largest absolute Gasteiger partial charge is 0.376 e. The standard InChI is InChI=1S/C9H13N3O2S/c13-8(12-9-10-3-5-15-9)11-6-7-2-1-4-14-7/h3,5,7H,1-2,4,6H2,(H2,10,11,12,13)/t7-/m1/s1. The number of carbonyl (C=O) groups excluding carboxylic acids is 1. The first kappa shape index (κ1) is 10.4. The Hall–Kier alpha value is -1.14. The summed E-state index contributed by atoms with van der Waals surface area (Å²) in [4.78, 5) is 15.3. The van der Waals surface area contributed by atoms with Crippen LogP contribution in [0.3, 0.4) is 0 Å². The third-order valence-electron chi connectivity index (χ3n) is 2.17. The van der Waals surface area contributed by atoms with Gasteiger partial charge < -0.3 is 10.1 Å². The lowest BCUT2D eigenvalue weighted by Crippen LogP contribution is -2.34.